The van der Waals surface area contributed by atoms with Crippen LogP contribution in [0.2, 0.25) is 0 Å². The third kappa shape index (κ3) is 4.67. The van der Waals surface area contributed by atoms with Crippen LogP contribution in [-0.4, -0.2) is 41.1 Å². The summed E-state index contributed by atoms with van der Waals surface area (Å²) in [5.74, 6) is 0.560. The number of carbonyl (C=O) groups is 1. The first-order valence-electron chi connectivity index (χ1n) is 8.76. The number of rotatable bonds is 8. The van der Waals surface area contributed by atoms with E-state index in [9.17, 15) is 4.79 Å². The van der Waals surface area contributed by atoms with Gasteiger partial charge in [0.25, 0.3) is 0 Å². The van der Waals surface area contributed by atoms with E-state index in [2.05, 4.69) is 39.7 Å². The minimum atomic E-state index is -0.0609. The minimum absolute atomic E-state index is 0.0609. The van der Waals surface area contributed by atoms with E-state index in [0.29, 0.717) is 18.5 Å². The van der Waals surface area contributed by atoms with Gasteiger partial charge in [0.05, 0.1) is 6.04 Å². The summed E-state index contributed by atoms with van der Waals surface area (Å²) in [6, 6.07) is 1.30. The summed E-state index contributed by atoms with van der Waals surface area (Å²) in [5.41, 5.74) is 1.04. The Balaban J connectivity index is 1.46. The number of hydrogen-bond donors (Lipinski definition) is 2. The average Bonchev–Trinajstić information content (AvgIpc) is 3.40. The second-order valence-electron chi connectivity index (χ2n) is 7.11. The Morgan fingerprint density at radius 1 is 1.39 bits per heavy atom. The van der Waals surface area contributed by atoms with Crippen molar-refractivity contribution >= 4 is 17.4 Å². The predicted molar refractivity (Wildman–Crippen MR) is 93.7 cm³/mol. The van der Waals surface area contributed by atoms with Crippen molar-refractivity contribution in [1.82, 2.24) is 20.5 Å². The lowest BCUT2D eigenvalue weighted by Crippen LogP contribution is -2.44. The van der Waals surface area contributed by atoms with Crippen molar-refractivity contribution in [1.29, 1.82) is 0 Å². The molecule has 2 aliphatic rings. The van der Waals surface area contributed by atoms with Crippen molar-refractivity contribution in [2.75, 3.05) is 13.1 Å². The van der Waals surface area contributed by atoms with Crippen LogP contribution < -0.4 is 10.6 Å². The van der Waals surface area contributed by atoms with Crippen LogP contribution in [0, 0.1) is 12.8 Å². The highest BCUT2D eigenvalue weighted by molar-refractivity contribution is 7.09. The Morgan fingerprint density at radius 2 is 2.13 bits per heavy atom. The van der Waals surface area contributed by atoms with Gasteiger partial charge in [-0.2, -0.15) is 0 Å². The maximum absolute atomic E-state index is 12.2. The third-order valence-corrected chi connectivity index (χ3v) is 5.66. The van der Waals surface area contributed by atoms with Gasteiger partial charge in [-0.05, 0) is 52.4 Å². The Hall–Kier alpha value is -1.14. The van der Waals surface area contributed by atoms with Gasteiger partial charge in [0.1, 0.15) is 5.01 Å². The van der Waals surface area contributed by atoms with Crippen molar-refractivity contribution < 1.29 is 4.79 Å². The predicted octanol–water partition coefficient (Wildman–Crippen LogP) is 3.07. The van der Waals surface area contributed by atoms with Crippen LogP contribution in [-0.2, 0) is 0 Å². The highest BCUT2D eigenvalue weighted by atomic mass is 32.1. The maximum atomic E-state index is 12.2. The van der Waals surface area contributed by atoms with Crippen LogP contribution in [0.4, 0.5) is 4.79 Å². The van der Waals surface area contributed by atoms with Crippen LogP contribution in [0.3, 0.4) is 0 Å². The van der Waals surface area contributed by atoms with Crippen molar-refractivity contribution in [3.63, 3.8) is 0 Å². The number of nitrogens with one attached hydrogen (secondary N) is 2. The molecular formula is C17H28N4OS. The first kappa shape index (κ1) is 16.7. The van der Waals surface area contributed by atoms with E-state index >= 15 is 0 Å². The van der Waals surface area contributed by atoms with Gasteiger partial charge in [-0.3, -0.25) is 4.90 Å². The van der Waals surface area contributed by atoms with E-state index in [0.717, 1.165) is 23.3 Å². The van der Waals surface area contributed by atoms with Crippen LogP contribution in [0.5, 0.6) is 0 Å². The molecule has 0 bridgehead atoms. The number of aromatic nitrogens is 1. The molecule has 1 aromatic heterocycles. The summed E-state index contributed by atoms with van der Waals surface area (Å²) in [6.45, 7) is 8.09. The second-order valence-corrected chi connectivity index (χ2v) is 7.99. The van der Waals surface area contributed by atoms with E-state index in [1.54, 1.807) is 11.3 Å². The highest BCUT2D eigenvalue weighted by Crippen LogP contribution is 2.41. The summed E-state index contributed by atoms with van der Waals surface area (Å²) >= 11 is 1.65. The largest absolute Gasteiger partial charge is 0.337 e. The number of nitrogens with zero attached hydrogens (tertiary/aromatic N) is 2. The number of hydrogen-bond acceptors (Lipinski definition) is 4. The molecule has 1 aromatic rings. The first-order valence-corrected chi connectivity index (χ1v) is 9.64. The molecular weight excluding hydrogens is 308 g/mol. The molecule has 0 spiro atoms. The van der Waals surface area contributed by atoms with Gasteiger partial charge in [-0.1, -0.05) is 0 Å². The zero-order valence-electron chi connectivity index (χ0n) is 14.3. The van der Waals surface area contributed by atoms with E-state index in [1.807, 2.05) is 6.92 Å². The lowest BCUT2D eigenvalue weighted by molar-refractivity contribution is 0.206. The molecule has 0 aliphatic heterocycles. The molecule has 2 aliphatic carbocycles. The van der Waals surface area contributed by atoms with Crippen LogP contribution in [0.15, 0.2) is 5.38 Å². The fourth-order valence-corrected chi connectivity index (χ4v) is 4.02. The molecule has 0 radical (unpaired) electrons. The van der Waals surface area contributed by atoms with Gasteiger partial charge in [0.2, 0.25) is 0 Å². The van der Waals surface area contributed by atoms with Gasteiger partial charge in [-0.15, -0.1) is 11.3 Å². The third-order valence-electron chi connectivity index (χ3n) is 4.62. The summed E-state index contributed by atoms with van der Waals surface area (Å²) < 4.78 is 0. The van der Waals surface area contributed by atoms with Crippen LogP contribution >= 0.6 is 11.3 Å². The van der Waals surface area contributed by atoms with Crippen molar-refractivity contribution in [3.05, 3.63) is 16.1 Å². The molecule has 1 heterocycles. The number of aryl methyl sites for hydroxylation is 1. The molecule has 0 unspecified atom stereocenters. The molecule has 128 valence electrons. The van der Waals surface area contributed by atoms with Gasteiger partial charge >= 0.3 is 6.03 Å². The molecule has 5 nitrogen and oxygen atoms in total. The Labute approximate surface area is 142 Å². The maximum Gasteiger partial charge on any atom is 0.315 e. The normalized spacial score (nSPS) is 19.2. The molecule has 3 rings (SSSR count). The molecule has 0 aromatic carbocycles. The lowest BCUT2D eigenvalue weighted by Gasteiger charge is -2.26. The zero-order chi connectivity index (χ0) is 16.4. The molecule has 1 atom stereocenters. The van der Waals surface area contributed by atoms with E-state index in [1.165, 1.54) is 25.7 Å². The summed E-state index contributed by atoms with van der Waals surface area (Å²) in [6.07, 6.45) is 4.98. The molecule has 6 heteroatoms. The Morgan fingerprint density at radius 3 is 2.65 bits per heavy atom. The van der Waals surface area contributed by atoms with Crippen LogP contribution in [0.1, 0.15) is 56.3 Å². The molecule has 2 N–H and O–H groups in total. The smallest absolute Gasteiger partial charge is 0.315 e. The summed E-state index contributed by atoms with van der Waals surface area (Å²) in [5, 5.41) is 9.26. The van der Waals surface area contributed by atoms with E-state index in [-0.39, 0.29) is 12.1 Å². The zero-order valence-corrected chi connectivity index (χ0v) is 15.2. The van der Waals surface area contributed by atoms with Gasteiger partial charge in [0.15, 0.2) is 0 Å². The van der Waals surface area contributed by atoms with Crippen molar-refractivity contribution in [2.45, 2.75) is 64.6 Å². The number of urea groups is 1. The number of thiazole rings is 1. The van der Waals surface area contributed by atoms with E-state index in [4.69, 9.17) is 0 Å². The number of carbonyl (C=O) groups excluding carboxylic acids is 1. The molecule has 2 fully saturated rings. The first-order chi connectivity index (χ1) is 11.0. The minimum Gasteiger partial charge on any atom is -0.337 e. The fraction of sp³-hybridized carbons (Fsp3) is 0.765. The quantitative estimate of drug-likeness (QED) is 0.767. The van der Waals surface area contributed by atoms with Gasteiger partial charge in [-0.25, -0.2) is 9.78 Å². The van der Waals surface area contributed by atoms with Gasteiger partial charge in [0, 0.05) is 36.2 Å². The SMILES string of the molecule is Cc1csc([C@H](NC(=O)NCCN(C(C)C)C2CC2)C2CC2)n1. The van der Waals surface area contributed by atoms with Gasteiger partial charge < -0.3 is 10.6 Å². The fourth-order valence-electron chi connectivity index (χ4n) is 3.09. The highest BCUT2D eigenvalue weighted by Gasteiger charge is 2.35. The molecule has 0 saturated heterocycles. The summed E-state index contributed by atoms with van der Waals surface area (Å²) in [7, 11) is 0. The monoisotopic (exact) mass is 336 g/mol. The van der Waals surface area contributed by atoms with Crippen LogP contribution in [0.25, 0.3) is 0 Å². The van der Waals surface area contributed by atoms with E-state index < -0.39 is 0 Å². The standard InChI is InChI=1S/C17H28N4OS/c1-11(2)21(14-6-7-14)9-8-18-17(22)20-15(13-4-5-13)16-19-12(3)10-23-16/h10-11,13-15H,4-9H2,1-3H3,(H2,18,20,22)/t15-/m1/s1. The lowest BCUT2D eigenvalue weighted by atomic mass is 10.2. The molecule has 2 saturated carbocycles. The topological polar surface area (TPSA) is 57.3 Å². The number of amides is 2. The molecule has 23 heavy (non-hydrogen) atoms. The van der Waals surface area contributed by atoms with Crippen molar-refractivity contribution in [3.8, 4) is 0 Å². The second kappa shape index (κ2) is 7.18. The van der Waals surface area contributed by atoms with Crippen molar-refractivity contribution in [2.24, 2.45) is 5.92 Å². The average molecular weight is 337 g/mol. The molecule has 2 amide bonds. The Bertz CT molecular complexity index is 534. The summed E-state index contributed by atoms with van der Waals surface area (Å²) in [4.78, 5) is 19.3. The Kier molecular flexibility index (Phi) is 5.21.